The van der Waals surface area contributed by atoms with E-state index in [-0.39, 0.29) is 10.9 Å². The molecule has 1 aromatic heterocycles. The van der Waals surface area contributed by atoms with Gasteiger partial charge in [-0.05, 0) is 5.56 Å². The second-order valence-corrected chi connectivity index (χ2v) is 7.32. The maximum atomic E-state index is 12.2. The number of carbonyl (C=O) groups excluding carboxylic acids is 1. The summed E-state index contributed by atoms with van der Waals surface area (Å²) in [6.07, 6.45) is 3.89. The van der Waals surface area contributed by atoms with E-state index in [9.17, 15) is 14.7 Å². The zero-order chi connectivity index (χ0) is 19.0. The molecule has 8 heteroatoms. The fourth-order valence-electron chi connectivity index (χ4n) is 3.24. The lowest BCUT2D eigenvalue weighted by Crippen LogP contribution is -2.21. The van der Waals surface area contributed by atoms with Gasteiger partial charge in [0.1, 0.15) is 11.5 Å². The van der Waals surface area contributed by atoms with Crippen molar-refractivity contribution in [2.24, 2.45) is 0 Å². The van der Waals surface area contributed by atoms with Crippen molar-refractivity contribution in [3.8, 4) is 11.4 Å². The smallest absolute Gasteiger partial charge is 0.352 e. The molecule has 0 fully saturated rings. The van der Waals surface area contributed by atoms with E-state index in [4.69, 9.17) is 9.72 Å². The van der Waals surface area contributed by atoms with Gasteiger partial charge in [-0.3, -0.25) is 0 Å². The van der Waals surface area contributed by atoms with Crippen LogP contribution in [-0.2, 0) is 27.3 Å². The van der Waals surface area contributed by atoms with Crippen molar-refractivity contribution >= 4 is 23.7 Å². The van der Waals surface area contributed by atoms with Gasteiger partial charge in [-0.1, -0.05) is 24.3 Å². The Morgan fingerprint density at radius 2 is 2.22 bits per heavy atom. The molecule has 2 aromatic rings. The summed E-state index contributed by atoms with van der Waals surface area (Å²) in [6, 6.07) is 8.15. The number of fused-ring (bicyclic) bond motifs is 3. The lowest BCUT2D eigenvalue weighted by Gasteiger charge is -2.14. The number of aliphatic carboxylic acids is 1. The zero-order valence-electron chi connectivity index (χ0n) is 14.5. The number of methoxy groups -OCH3 is 1. The number of benzene rings is 1. The molecule has 3 heterocycles. The second-order valence-electron chi connectivity index (χ2n) is 6.24. The number of rotatable bonds is 4. The quantitative estimate of drug-likeness (QED) is 0.667. The minimum absolute atomic E-state index is 0.0187. The second kappa shape index (κ2) is 6.96. The number of thioether (sulfide) groups is 1. The van der Waals surface area contributed by atoms with Crippen LogP contribution in [0, 0.1) is 0 Å². The topological polar surface area (TPSA) is 93.5 Å². The minimum Gasteiger partial charge on any atom is -0.477 e. The van der Waals surface area contributed by atoms with Gasteiger partial charge in [-0.25, -0.2) is 14.6 Å². The van der Waals surface area contributed by atoms with Gasteiger partial charge in [-0.15, -0.1) is 11.8 Å². The maximum absolute atomic E-state index is 12.2. The summed E-state index contributed by atoms with van der Waals surface area (Å²) in [5, 5.41) is 13.1. The monoisotopic (exact) mass is 383 g/mol. The molecule has 4 rings (SSSR count). The first-order chi connectivity index (χ1) is 13.1. The normalized spacial score (nSPS) is 17.7. The van der Waals surface area contributed by atoms with Gasteiger partial charge >= 0.3 is 11.9 Å². The number of carboxylic acid groups (broad SMARTS) is 1. The highest BCUT2D eigenvalue weighted by Gasteiger charge is 2.28. The predicted octanol–water partition coefficient (Wildman–Crippen LogP) is 2.14. The van der Waals surface area contributed by atoms with Crippen molar-refractivity contribution in [1.29, 1.82) is 0 Å². The number of hydrogen-bond donors (Lipinski definition) is 2. The van der Waals surface area contributed by atoms with E-state index in [2.05, 4.69) is 22.0 Å². The average molecular weight is 383 g/mol. The third-order valence-corrected chi connectivity index (χ3v) is 5.67. The zero-order valence-corrected chi connectivity index (χ0v) is 15.3. The minimum atomic E-state index is -1.08. The Hall–Kier alpha value is -3.00. The van der Waals surface area contributed by atoms with Crippen LogP contribution in [0.25, 0.3) is 11.4 Å². The van der Waals surface area contributed by atoms with Gasteiger partial charge in [0.2, 0.25) is 0 Å². The molecule has 0 bridgehead atoms. The SMILES string of the molecule is COC(=O)C1=CNC(C(=O)O)=CSC1Cc1cn2c(n1)-c1ccccc1C2. The number of carbonyl (C=O) groups is 2. The summed E-state index contributed by atoms with van der Waals surface area (Å²) in [6.45, 7) is 0.778. The maximum Gasteiger partial charge on any atom is 0.352 e. The van der Waals surface area contributed by atoms with Crippen molar-refractivity contribution < 1.29 is 19.4 Å². The third kappa shape index (κ3) is 3.23. The van der Waals surface area contributed by atoms with Crippen LogP contribution in [0.1, 0.15) is 11.3 Å². The van der Waals surface area contributed by atoms with Gasteiger partial charge in [0.05, 0.1) is 18.4 Å². The van der Waals surface area contributed by atoms with Crippen LogP contribution in [0.3, 0.4) is 0 Å². The average Bonchev–Trinajstić information content (AvgIpc) is 3.11. The Morgan fingerprint density at radius 1 is 1.41 bits per heavy atom. The van der Waals surface area contributed by atoms with Crippen molar-refractivity contribution in [2.75, 3.05) is 7.11 Å². The number of hydrogen-bond acceptors (Lipinski definition) is 6. The molecule has 0 radical (unpaired) electrons. The number of carboxylic acids is 1. The van der Waals surface area contributed by atoms with Gasteiger partial charge in [0.15, 0.2) is 0 Å². The highest BCUT2D eigenvalue weighted by atomic mass is 32.2. The Kier molecular flexibility index (Phi) is 4.49. The molecule has 2 aliphatic rings. The molecule has 7 nitrogen and oxygen atoms in total. The molecular formula is C19H17N3O4S. The molecule has 1 unspecified atom stereocenters. The van der Waals surface area contributed by atoms with E-state index in [0.717, 1.165) is 23.6 Å². The lowest BCUT2D eigenvalue weighted by molar-refractivity contribution is -0.136. The van der Waals surface area contributed by atoms with Crippen molar-refractivity contribution in [1.82, 2.24) is 14.9 Å². The Morgan fingerprint density at radius 3 is 3.00 bits per heavy atom. The van der Waals surface area contributed by atoms with Crippen LogP contribution in [0.2, 0.25) is 0 Å². The van der Waals surface area contributed by atoms with E-state index in [0.29, 0.717) is 12.0 Å². The largest absolute Gasteiger partial charge is 0.477 e. The van der Waals surface area contributed by atoms with E-state index < -0.39 is 11.9 Å². The third-order valence-electron chi connectivity index (χ3n) is 4.55. The van der Waals surface area contributed by atoms with Crippen molar-refractivity contribution in [2.45, 2.75) is 18.2 Å². The van der Waals surface area contributed by atoms with Crippen LogP contribution in [0.5, 0.6) is 0 Å². The standard InChI is InChI=1S/C19H17N3O4S/c1-26-19(25)14-7-20-15(18(23)24)10-27-16(14)6-12-9-22-8-11-4-2-3-5-13(11)17(22)21-12/h2-5,7,9-10,16,20H,6,8H2,1H3,(H,23,24). The van der Waals surface area contributed by atoms with Gasteiger partial charge in [0, 0.05) is 41.6 Å². The first kappa shape index (κ1) is 17.4. The highest BCUT2D eigenvalue weighted by Crippen LogP contribution is 2.33. The molecule has 27 heavy (non-hydrogen) atoms. The molecule has 0 saturated heterocycles. The number of nitrogens with one attached hydrogen (secondary N) is 1. The Balaban J connectivity index is 1.61. The van der Waals surface area contributed by atoms with Crippen LogP contribution in [-0.4, -0.2) is 39.0 Å². The van der Waals surface area contributed by atoms with Gasteiger partial charge < -0.3 is 19.7 Å². The summed E-state index contributed by atoms with van der Waals surface area (Å²) in [4.78, 5) is 28.1. The highest BCUT2D eigenvalue weighted by molar-refractivity contribution is 8.03. The fourth-order valence-corrected chi connectivity index (χ4v) is 4.29. The summed E-state index contributed by atoms with van der Waals surface area (Å²) >= 11 is 1.27. The number of ether oxygens (including phenoxy) is 1. The molecule has 0 saturated carbocycles. The van der Waals surface area contributed by atoms with Crippen LogP contribution >= 0.6 is 11.8 Å². The molecular weight excluding hydrogens is 366 g/mol. The van der Waals surface area contributed by atoms with Gasteiger partial charge in [0.25, 0.3) is 0 Å². The molecule has 138 valence electrons. The molecule has 1 atom stereocenters. The summed E-state index contributed by atoms with van der Waals surface area (Å²) < 4.78 is 6.96. The molecule has 0 spiro atoms. The summed E-state index contributed by atoms with van der Waals surface area (Å²) in [5.41, 5.74) is 3.60. The van der Waals surface area contributed by atoms with Crippen LogP contribution in [0.4, 0.5) is 0 Å². The number of imidazole rings is 1. The number of esters is 1. The molecule has 0 aliphatic carbocycles. The number of nitrogens with zero attached hydrogens (tertiary/aromatic N) is 2. The fraction of sp³-hybridized carbons (Fsp3) is 0.211. The molecule has 2 aliphatic heterocycles. The Labute approximate surface area is 159 Å². The van der Waals surface area contributed by atoms with E-state index >= 15 is 0 Å². The lowest BCUT2D eigenvalue weighted by atomic mass is 10.1. The van der Waals surface area contributed by atoms with Crippen LogP contribution < -0.4 is 5.32 Å². The van der Waals surface area contributed by atoms with E-state index in [1.54, 1.807) is 0 Å². The molecule has 1 aromatic carbocycles. The summed E-state index contributed by atoms with van der Waals surface area (Å²) in [7, 11) is 1.31. The first-order valence-corrected chi connectivity index (χ1v) is 9.29. The molecule has 0 amide bonds. The Bertz CT molecular complexity index is 993. The van der Waals surface area contributed by atoms with Crippen LogP contribution in [0.15, 0.2) is 53.3 Å². The summed E-state index contributed by atoms with van der Waals surface area (Å²) in [5.74, 6) is -0.652. The number of aromatic nitrogens is 2. The van der Waals surface area contributed by atoms with E-state index in [1.807, 2.05) is 18.3 Å². The first-order valence-electron chi connectivity index (χ1n) is 8.35. The molecule has 2 N–H and O–H groups in total. The van der Waals surface area contributed by atoms with E-state index in [1.165, 1.54) is 36.0 Å². The van der Waals surface area contributed by atoms with Crippen molar-refractivity contribution in [3.05, 3.63) is 64.6 Å². The van der Waals surface area contributed by atoms with Crippen molar-refractivity contribution in [3.63, 3.8) is 0 Å². The predicted molar refractivity (Wildman–Crippen MR) is 101 cm³/mol. The van der Waals surface area contributed by atoms with Gasteiger partial charge in [-0.2, -0.15) is 0 Å².